The summed E-state index contributed by atoms with van der Waals surface area (Å²) in [6.07, 6.45) is -0.0283. The van der Waals surface area contributed by atoms with E-state index < -0.39 is 12.1 Å². The van der Waals surface area contributed by atoms with Gasteiger partial charge in [-0.1, -0.05) is 45.0 Å². The van der Waals surface area contributed by atoms with E-state index >= 15 is 0 Å². The third kappa shape index (κ3) is 3.86. The largest absolute Gasteiger partial charge is 0.481 e. The average molecular weight is 236 g/mol. The smallest absolute Gasteiger partial charge is 0.303 e. The summed E-state index contributed by atoms with van der Waals surface area (Å²) in [5.41, 5.74) is 1.50. The van der Waals surface area contributed by atoms with E-state index in [1.165, 1.54) is 0 Å². The van der Waals surface area contributed by atoms with Crippen molar-refractivity contribution in [2.75, 3.05) is 0 Å². The highest BCUT2D eigenvalue weighted by atomic mass is 16.4. The van der Waals surface area contributed by atoms with Gasteiger partial charge in [0.25, 0.3) is 0 Å². The molecule has 0 saturated heterocycles. The van der Waals surface area contributed by atoms with Crippen LogP contribution in [0, 0.1) is 5.41 Å². The van der Waals surface area contributed by atoms with Gasteiger partial charge in [0.1, 0.15) is 0 Å². The highest BCUT2D eigenvalue weighted by molar-refractivity contribution is 5.67. The maximum absolute atomic E-state index is 10.6. The van der Waals surface area contributed by atoms with Crippen molar-refractivity contribution >= 4 is 5.97 Å². The average Bonchev–Trinajstić information content (AvgIpc) is 2.24. The van der Waals surface area contributed by atoms with E-state index in [2.05, 4.69) is 0 Å². The number of aliphatic hydroxyl groups excluding tert-OH is 1. The molecule has 0 heterocycles. The zero-order chi connectivity index (χ0) is 13.1. The van der Waals surface area contributed by atoms with Crippen LogP contribution < -0.4 is 0 Å². The van der Waals surface area contributed by atoms with Gasteiger partial charge >= 0.3 is 5.97 Å². The zero-order valence-corrected chi connectivity index (χ0v) is 10.6. The van der Waals surface area contributed by atoms with Crippen LogP contribution in [-0.2, 0) is 11.2 Å². The van der Waals surface area contributed by atoms with Gasteiger partial charge in [0.15, 0.2) is 0 Å². The normalized spacial score (nSPS) is 13.4. The number of carboxylic acid groups (broad SMARTS) is 1. The first-order valence-corrected chi connectivity index (χ1v) is 5.80. The molecular formula is C14H20O3. The molecule has 2 N–H and O–H groups in total. The van der Waals surface area contributed by atoms with Crippen LogP contribution in [0.3, 0.4) is 0 Å². The maximum atomic E-state index is 10.6. The van der Waals surface area contributed by atoms with E-state index in [4.69, 9.17) is 5.11 Å². The lowest BCUT2D eigenvalue weighted by Gasteiger charge is -2.27. The van der Waals surface area contributed by atoms with E-state index in [9.17, 15) is 9.90 Å². The van der Waals surface area contributed by atoms with Gasteiger partial charge in [-0.3, -0.25) is 4.79 Å². The number of aryl methyl sites for hydroxylation is 1. The van der Waals surface area contributed by atoms with Gasteiger partial charge in [0.2, 0.25) is 0 Å². The number of benzene rings is 1. The van der Waals surface area contributed by atoms with Crippen LogP contribution in [0.1, 0.15) is 44.4 Å². The van der Waals surface area contributed by atoms with Crippen LogP contribution in [0.5, 0.6) is 0 Å². The molecule has 0 amide bonds. The first-order chi connectivity index (χ1) is 7.82. The van der Waals surface area contributed by atoms with Crippen molar-refractivity contribution in [3.8, 4) is 0 Å². The molecule has 1 aromatic rings. The van der Waals surface area contributed by atoms with Crippen LogP contribution in [0.25, 0.3) is 0 Å². The highest BCUT2D eigenvalue weighted by Crippen LogP contribution is 2.34. The van der Waals surface area contributed by atoms with Crippen molar-refractivity contribution in [1.82, 2.24) is 0 Å². The van der Waals surface area contributed by atoms with Crippen LogP contribution in [-0.4, -0.2) is 16.2 Å². The Morgan fingerprint density at radius 3 is 2.41 bits per heavy atom. The standard InChI is InChI=1S/C14H20O3/c1-14(2,3)13(17)11-7-5-4-6-10(11)8-9-12(15)16/h4-7,13,17H,8-9H2,1-3H3,(H,15,16). The molecule has 94 valence electrons. The van der Waals surface area contributed by atoms with E-state index in [-0.39, 0.29) is 11.8 Å². The number of hydrogen-bond donors (Lipinski definition) is 2. The second-order valence-electron chi connectivity index (χ2n) is 5.36. The topological polar surface area (TPSA) is 57.5 Å². The number of aliphatic carboxylic acids is 1. The lowest BCUT2D eigenvalue weighted by Crippen LogP contribution is -2.19. The molecule has 0 aliphatic rings. The van der Waals surface area contributed by atoms with Gasteiger partial charge in [-0.05, 0) is 23.0 Å². The summed E-state index contributed by atoms with van der Waals surface area (Å²) in [4.78, 5) is 10.6. The zero-order valence-electron chi connectivity index (χ0n) is 10.6. The Labute approximate surface area is 102 Å². The van der Waals surface area contributed by atoms with Crippen molar-refractivity contribution < 1.29 is 15.0 Å². The monoisotopic (exact) mass is 236 g/mol. The van der Waals surface area contributed by atoms with E-state index in [0.717, 1.165) is 11.1 Å². The third-order valence-electron chi connectivity index (χ3n) is 2.78. The summed E-state index contributed by atoms with van der Waals surface area (Å²) in [7, 11) is 0. The first-order valence-electron chi connectivity index (χ1n) is 5.80. The fourth-order valence-electron chi connectivity index (χ4n) is 1.74. The van der Waals surface area contributed by atoms with Gasteiger partial charge in [0, 0.05) is 6.42 Å². The summed E-state index contributed by atoms with van der Waals surface area (Å²) in [5, 5.41) is 19.0. The molecule has 3 heteroatoms. The van der Waals surface area contributed by atoms with Gasteiger partial charge in [-0.2, -0.15) is 0 Å². The number of rotatable bonds is 4. The minimum atomic E-state index is -0.815. The molecule has 0 bridgehead atoms. The molecule has 1 unspecified atom stereocenters. The first kappa shape index (κ1) is 13.7. The Kier molecular flexibility index (Phi) is 4.29. The molecule has 17 heavy (non-hydrogen) atoms. The Hall–Kier alpha value is -1.35. The summed E-state index contributed by atoms with van der Waals surface area (Å²) in [5.74, 6) is -0.815. The van der Waals surface area contributed by atoms with Crippen molar-refractivity contribution in [3.05, 3.63) is 35.4 Å². The number of aliphatic hydroxyl groups is 1. The molecule has 0 fully saturated rings. The minimum Gasteiger partial charge on any atom is -0.481 e. The molecule has 1 aromatic carbocycles. The number of carbonyl (C=O) groups is 1. The summed E-state index contributed by atoms with van der Waals surface area (Å²) in [6.45, 7) is 5.89. The van der Waals surface area contributed by atoms with Crippen molar-refractivity contribution in [3.63, 3.8) is 0 Å². The summed E-state index contributed by atoms with van der Waals surface area (Å²) in [6, 6.07) is 7.49. The minimum absolute atomic E-state index is 0.0911. The van der Waals surface area contributed by atoms with Gasteiger partial charge in [-0.15, -0.1) is 0 Å². The molecule has 0 aliphatic heterocycles. The van der Waals surface area contributed by atoms with Gasteiger partial charge in [-0.25, -0.2) is 0 Å². The molecule has 1 atom stereocenters. The molecule has 0 aliphatic carbocycles. The van der Waals surface area contributed by atoms with Crippen molar-refractivity contribution in [1.29, 1.82) is 0 Å². The van der Waals surface area contributed by atoms with E-state index in [1.807, 2.05) is 45.0 Å². The highest BCUT2D eigenvalue weighted by Gasteiger charge is 2.25. The van der Waals surface area contributed by atoms with Crippen molar-refractivity contribution in [2.45, 2.75) is 39.7 Å². The second kappa shape index (κ2) is 5.32. The van der Waals surface area contributed by atoms with Crippen LogP contribution in [0.4, 0.5) is 0 Å². The van der Waals surface area contributed by atoms with E-state index in [0.29, 0.717) is 6.42 Å². The van der Waals surface area contributed by atoms with E-state index in [1.54, 1.807) is 0 Å². The third-order valence-corrected chi connectivity index (χ3v) is 2.78. The fourth-order valence-corrected chi connectivity index (χ4v) is 1.74. The molecule has 0 radical (unpaired) electrons. The maximum Gasteiger partial charge on any atom is 0.303 e. The SMILES string of the molecule is CC(C)(C)C(O)c1ccccc1CCC(=O)O. The predicted octanol–water partition coefficient (Wildman–Crippen LogP) is 2.78. The fraction of sp³-hybridized carbons (Fsp3) is 0.500. The predicted molar refractivity (Wildman–Crippen MR) is 66.8 cm³/mol. The van der Waals surface area contributed by atoms with Crippen LogP contribution in [0.2, 0.25) is 0 Å². The Morgan fingerprint density at radius 1 is 1.29 bits per heavy atom. The molecule has 0 aromatic heterocycles. The Balaban J connectivity index is 2.95. The number of carboxylic acids is 1. The Morgan fingerprint density at radius 2 is 1.88 bits per heavy atom. The molecule has 0 saturated carbocycles. The summed E-state index contributed by atoms with van der Waals surface area (Å²) < 4.78 is 0. The van der Waals surface area contributed by atoms with Crippen LogP contribution >= 0.6 is 0 Å². The Bertz CT molecular complexity index is 391. The second-order valence-corrected chi connectivity index (χ2v) is 5.36. The van der Waals surface area contributed by atoms with Gasteiger partial charge in [0.05, 0.1) is 6.10 Å². The lowest BCUT2D eigenvalue weighted by molar-refractivity contribution is -0.136. The molecule has 3 nitrogen and oxygen atoms in total. The molecule has 0 spiro atoms. The van der Waals surface area contributed by atoms with Crippen molar-refractivity contribution in [2.24, 2.45) is 5.41 Å². The molecule has 1 rings (SSSR count). The quantitative estimate of drug-likeness (QED) is 0.845. The molecular weight excluding hydrogens is 216 g/mol. The van der Waals surface area contributed by atoms with Gasteiger partial charge < -0.3 is 10.2 Å². The number of hydrogen-bond acceptors (Lipinski definition) is 2. The lowest BCUT2D eigenvalue weighted by atomic mass is 9.82. The van der Waals surface area contributed by atoms with Crippen LogP contribution in [0.15, 0.2) is 24.3 Å². The summed E-state index contributed by atoms with van der Waals surface area (Å²) >= 11 is 0.